The van der Waals surface area contributed by atoms with Gasteiger partial charge in [-0.05, 0) is 13.3 Å². The highest BCUT2D eigenvalue weighted by atomic mass is 32.3. The summed E-state index contributed by atoms with van der Waals surface area (Å²) in [5.41, 5.74) is -0.327. The molecule has 0 aliphatic carbocycles. The van der Waals surface area contributed by atoms with Crippen LogP contribution in [0.4, 0.5) is 3.89 Å². The van der Waals surface area contributed by atoms with Gasteiger partial charge in [-0.15, -0.1) is 10.2 Å². The number of hydrogen-bond donors (Lipinski definition) is 0. The molecule has 16 heavy (non-hydrogen) atoms. The first-order valence-corrected chi connectivity index (χ1v) is 6.50. The van der Waals surface area contributed by atoms with Crippen LogP contribution in [0.15, 0.2) is 5.16 Å². The quantitative estimate of drug-likeness (QED) is 0.761. The molecule has 1 rings (SSSR count). The Morgan fingerprint density at radius 1 is 1.31 bits per heavy atom. The number of halogens is 1. The number of nitrogens with zero attached hydrogens (tertiary/aromatic N) is 3. The van der Waals surface area contributed by atoms with Crippen molar-refractivity contribution < 1.29 is 12.3 Å². The lowest BCUT2D eigenvalue weighted by molar-refractivity contribution is 0.435. The van der Waals surface area contributed by atoms with Gasteiger partial charge in [0.05, 0.1) is 0 Å². The summed E-state index contributed by atoms with van der Waals surface area (Å²) >= 11 is 0. The molecule has 92 valence electrons. The number of aromatic nitrogens is 3. The van der Waals surface area contributed by atoms with Crippen LogP contribution < -0.4 is 0 Å². The molecule has 1 aromatic heterocycles. The SMILES string of the molecule is CCn1c(C(C)(C)CC)nnc1S(=O)(=O)F. The van der Waals surface area contributed by atoms with Crippen LogP contribution in [0.2, 0.25) is 0 Å². The predicted octanol–water partition coefficient (Wildman–Crippen LogP) is 1.64. The van der Waals surface area contributed by atoms with Crippen molar-refractivity contribution >= 4 is 10.2 Å². The summed E-state index contributed by atoms with van der Waals surface area (Å²) in [6, 6.07) is 0. The normalized spacial score (nSPS) is 13.1. The number of hydrogen-bond acceptors (Lipinski definition) is 4. The largest absolute Gasteiger partial charge is 0.368 e. The van der Waals surface area contributed by atoms with Crippen molar-refractivity contribution in [1.29, 1.82) is 0 Å². The van der Waals surface area contributed by atoms with Gasteiger partial charge >= 0.3 is 10.2 Å². The fraction of sp³-hybridized carbons (Fsp3) is 0.778. The average molecular weight is 249 g/mol. The summed E-state index contributed by atoms with van der Waals surface area (Å²) in [6.07, 6.45) is 0.761. The van der Waals surface area contributed by atoms with E-state index >= 15 is 0 Å². The van der Waals surface area contributed by atoms with Gasteiger partial charge in [0.2, 0.25) is 0 Å². The van der Waals surface area contributed by atoms with E-state index in [1.165, 1.54) is 4.57 Å². The van der Waals surface area contributed by atoms with E-state index in [9.17, 15) is 12.3 Å². The van der Waals surface area contributed by atoms with E-state index in [2.05, 4.69) is 10.2 Å². The van der Waals surface area contributed by atoms with E-state index in [0.717, 1.165) is 6.42 Å². The van der Waals surface area contributed by atoms with Crippen LogP contribution >= 0.6 is 0 Å². The first kappa shape index (κ1) is 13.1. The monoisotopic (exact) mass is 249 g/mol. The molecule has 1 heterocycles. The van der Waals surface area contributed by atoms with Crippen LogP contribution in [0, 0.1) is 0 Å². The molecular weight excluding hydrogens is 233 g/mol. The molecule has 0 fully saturated rings. The van der Waals surface area contributed by atoms with Crippen LogP contribution in [0.1, 0.15) is 39.9 Å². The van der Waals surface area contributed by atoms with Crippen molar-refractivity contribution in [2.75, 3.05) is 0 Å². The van der Waals surface area contributed by atoms with Gasteiger partial charge in [-0.2, -0.15) is 8.42 Å². The van der Waals surface area contributed by atoms with Gasteiger partial charge in [0.15, 0.2) is 0 Å². The molecule has 0 aliphatic rings. The molecule has 0 atom stereocenters. The fourth-order valence-electron chi connectivity index (χ4n) is 1.41. The van der Waals surface area contributed by atoms with E-state index in [-0.39, 0.29) is 5.41 Å². The zero-order valence-corrected chi connectivity index (χ0v) is 10.7. The van der Waals surface area contributed by atoms with Crippen molar-refractivity contribution in [2.45, 2.75) is 51.2 Å². The minimum absolute atomic E-state index is 0.324. The molecule has 7 heteroatoms. The molecule has 0 amide bonds. The maximum atomic E-state index is 12.9. The fourth-order valence-corrected chi connectivity index (χ4v) is 2.03. The standard InChI is InChI=1S/C9H16FN3O2S/c1-5-9(3,4)7-11-12-8(13(7)6-2)16(10,14)15/h5-6H2,1-4H3. The highest BCUT2D eigenvalue weighted by Crippen LogP contribution is 2.26. The number of rotatable bonds is 4. The molecule has 0 unspecified atom stereocenters. The summed E-state index contributed by atoms with van der Waals surface area (Å²) in [6.45, 7) is 7.84. The predicted molar refractivity (Wildman–Crippen MR) is 57.3 cm³/mol. The molecule has 0 radical (unpaired) electrons. The molecule has 0 saturated carbocycles. The van der Waals surface area contributed by atoms with Crippen LogP contribution in [0.25, 0.3) is 0 Å². The molecule has 0 bridgehead atoms. The zero-order chi connectivity index (χ0) is 12.6. The second-order valence-corrected chi connectivity index (χ2v) is 5.47. The Hall–Kier alpha value is -0.980. The van der Waals surface area contributed by atoms with Crippen molar-refractivity contribution in [3.63, 3.8) is 0 Å². The van der Waals surface area contributed by atoms with Crippen molar-refractivity contribution in [2.24, 2.45) is 0 Å². The minimum Gasteiger partial charge on any atom is -0.299 e. The maximum absolute atomic E-state index is 12.9. The summed E-state index contributed by atoms with van der Waals surface area (Å²) < 4.78 is 35.9. The van der Waals surface area contributed by atoms with Gasteiger partial charge in [0.1, 0.15) is 5.82 Å². The second kappa shape index (κ2) is 4.12. The highest BCUT2D eigenvalue weighted by molar-refractivity contribution is 7.86. The van der Waals surface area contributed by atoms with Crippen LogP contribution in [-0.4, -0.2) is 23.2 Å². The van der Waals surface area contributed by atoms with Gasteiger partial charge in [0.25, 0.3) is 5.16 Å². The zero-order valence-electron chi connectivity index (χ0n) is 9.86. The lowest BCUT2D eigenvalue weighted by Crippen LogP contribution is -2.22. The molecule has 0 N–H and O–H groups in total. The Morgan fingerprint density at radius 3 is 2.25 bits per heavy atom. The Labute approximate surface area is 94.9 Å². The average Bonchev–Trinajstić information content (AvgIpc) is 2.60. The van der Waals surface area contributed by atoms with Crippen LogP contribution in [-0.2, 0) is 22.2 Å². The summed E-state index contributed by atoms with van der Waals surface area (Å²) in [4.78, 5) is 0. The Kier molecular flexibility index (Phi) is 3.37. The van der Waals surface area contributed by atoms with Gasteiger partial charge in [0, 0.05) is 12.0 Å². The smallest absolute Gasteiger partial charge is 0.299 e. The minimum atomic E-state index is -4.80. The molecule has 0 saturated heterocycles. The third kappa shape index (κ3) is 2.23. The van der Waals surface area contributed by atoms with Gasteiger partial charge < -0.3 is 0 Å². The van der Waals surface area contributed by atoms with E-state index in [0.29, 0.717) is 12.4 Å². The van der Waals surface area contributed by atoms with Gasteiger partial charge in [-0.1, -0.05) is 24.7 Å². The summed E-state index contributed by atoms with van der Waals surface area (Å²) in [5.74, 6) is 0.494. The highest BCUT2D eigenvalue weighted by Gasteiger charge is 2.30. The first-order valence-electron chi connectivity index (χ1n) is 5.12. The third-order valence-corrected chi connectivity index (χ3v) is 3.48. The molecular formula is C9H16FN3O2S. The van der Waals surface area contributed by atoms with E-state index in [1.807, 2.05) is 20.8 Å². The third-order valence-electron chi connectivity index (χ3n) is 2.74. The second-order valence-electron chi connectivity index (χ2n) is 4.23. The molecule has 0 aromatic carbocycles. The molecule has 5 nitrogen and oxygen atoms in total. The van der Waals surface area contributed by atoms with Gasteiger partial charge in [-0.25, -0.2) is 0 Å². The first-order chi connectivity index (χ1) is 7.24. The molecule has 0 spiro atoms. The maximum Gasteiger partial charge on any atom is 0.368 e. The molecule has 1 aromatic rings. The Bertz CT molecular complexity index is 479. The van der Waals surface area contributed by atoms with Crippen molar-refractivity contribution in [3.8, 4) is 0 Å². The van der Waals surface area contributed by atoms with Crippen LogP contribution in [0.5, 0.6) is 0 Å². The van der Waals surface area contributed by atoms with E-state index in [4.69, 9.17) is 0 Å². The Morgan fingerprint density at radius 2 is 1.88 bits per heavy atom. The molecule has 0 aliphatic heterocycles. The van der Waals surface area contributed by atoms with E-state index in [1.54, 1.807) is 6.92 Å². The van der Waals surface area contributed by atoms with Gasteiger partial charge in [-0.3, -0.25) is 4.57 Å². The summed E-state index contributed by atoms with van der Waals surface area (Å²) in [7, 11) is -4.80. The summed E-state index contributed by atoms with van der Waals surface area (Å²) in [5, 5.41) is 6.61. The van der Waals surface area contributed by atoms with E-state index < -0.39 is 15.4 Å². The van der Waals surface area contributed by atoms with Crippen molar-refractivity contribution in [3.05, 3.63) is 5.82 Å². The van der Waals surface area contributed by atoms with Crippen LogP contribution in [0.3, 0.4) is 0 Å². The lowest BCUT2D eigenvalue weighted by Gasteiger charge is -2.21. The Balaban J connectivity index is 3.42. The van der Waals surface area contributed by atoms with Crippen molar-refractivity contribution in [1.82, 2.24) is 14.8 Å². The topological polar surface area (TPSA) is 64.8 Å². The lowest BCUT2D eigenvalue weighted by atomic mass is 9.89.